The number of benzene rings is 1. The van der Waals surface area contributed by atoms with Gasteiger partial charge < -0.3 is 10.5 Å². The normalized spacial score (nSPS) is 12.4. The highest BCUT2D eigenvalue weighted by Crippen LogP contribution is 2.26. The van der Waals surface area contributed by atoms with Gasteiger partial charge in [0.15, 0.2) is 11.4 Å². The second kappa shape index (κ2) is 9.40. The largest absolute Gasteiger partial charge is 0.485 e. The van der Waals surface area contributed by atoms with Crippen molar-refractivity contribution in [3.63, 3.8) is 0 Å². The molecule has 2 heterocycles. The number of pyridine rings is 1. The van der Waals surface area contributed by atoms with Crippen LogP contribution in [0.4, 0.5) is 8.78 Å². The van der Waals surface area contributed by atoms with Crippen LogP contribution in [-0.2, 0) is 11.4 Å². The molecule has 9 heteroatoms. The zero-order chi connectivity index (χ0) is 22.7. The summed E-state index contributed by atoms with van der Waals surface area (Å²) in [6.07, 6.45) is 1.72. The Bertz CT molecular complexity index is 1080. The van der Waals surface area contributed by atoms with Crippen molar-refractivity contribution >= 4 is 11.6 Å². The van der Waals surface area contributed by atoms with Gasteiger partial charge in [0.2, 0.25) is 0 Å². The molecule has 1 amide bonds. The lowest BCUT2D eigenvalue weighted by molar-refractivity contribution is 0.0214. The molecular formula is C22H26F2N4O3. The summed E-state index contributed by atoms with van der Waals surface area (Å²) in [6, 6.07) is 5.10. The molecule has 2 aromatic heterocycles. The minimum absolute atomic E-state index is 0.167. The van der Waals surface area contributed by atoms with Crippen molar-refractivity contribution < 1.29 is 23.1 Å². The number of imidazole rings is 1. The Balaban J connectivity index is 1.85. The molecule has 1 aromatic carbocycles. The number of hydrogen-bond acceptors (Lipinski definition) is 5. The average Bonchev–Trinajstić information content (AvgIpc) is 3.03. The lowest BCUT2D eigenvalue weighted by Crippen LogP contribution is -2.36. The fraction of sp³-hybridized carbons (Fsp3) is 0.364. The summed E-state index contributed by atoms with van der Waals surface area (Å²) in [5.74, 6) is -1.37. The Kier molecular flexibility index (Phi) is 6.87. The Labute approximate surface area is 179 Å². The monoisotopic (exact) mass is 432 g/mol. The predicted molar refractivity (Wildman–Crippen MR) is 112 cm³/mol. The third-order valence-corrected chi connectivity index (χ3v) is 4.94. The number of aryl methyl sites for hydroxylation is 2. The Morgan fingerprint density at radius 3 is 2.58 bits per heavy atom. The summed E-state index contributed by atoms with van der Waals surface area (Å²) in [5, 5.41) is 0. The van der Waals surface area contributed by atoms with Crippen LogP contribution >= 0.6 is 0 Å². The standard InChI is InChI=1S/C22H26F2N4O3/c1-12(2)18(25)11-31-27-22(29)20-14(4)26-21-19(8-13(3)9-28(20)21)30-10-15-16(23)6-5-7-17(15)24/h5-9,12,18H,10-11,25H2,1-4H3,(H,27,29). The van der Waals surface area contributed by atoms with Crippen molar-refractivity contribution in [2.75, 3.05) is 6.61 Å². The van der Waals surface area contributed by atoms with Crippen LogP contribution in [0.1, 0.15) is 41.2 Å². The first-order valence-electron chi connectivity index (χ1n) is 9.91. The number of hydroxylamine groups is 1. The molecule has 3 aromatic rings. The highest BCUT2D eigenvalue weighted by molar-refractivity contribution is 5.94. The Morgan fingerprint density at radius 1 is 1.26 bits per heavy atom. The van der Waals surface area contributed by atoms with Gasteiger partial charge in [-0.3, -0.25) is 14.0 Å². The van der Waals surface area contributed by atoms with E-state index >= 15 is 0 Å². The number of nitrogens with two attached hydrogens (primary N) is 1. The second-order valence-electron chi connectivity index (χ2n) is 7.76. The molecule has 0 saturated heterocycles. The summed E-state index contributed by atoms with van der Waals surface area (Å²) in [7, 11) is 0. The van der Waals surface area contributed by atoms with E-state index in [4.69, 9.17) is 15.3 Å². The molecule has 166 valence electrons. The number of fused-ring (bicyclic) bond motifs is 1. The molecule has 31 heavy (non-hydrogen) atoms. The number of halogens is 2. The minimum atomic E-state index is -0.694. The summed E-state index contributed by atoms with van der Waals surface area (Å²) in [5.41, 5.74) is 9.96. The molecule has 0 aliphatic carbocycles. The highest BCUT2D eigenvalue weighted by Gasteiger charge is 2.21. The van der Waals surface area contributed by atoms with E-state index in [0.717, 1.165) is 5.56 Å². The molecule has 0 spiro atoms. The number of rotatable bonds is 8. The number of carbonyl (C=O) groups excluding carboxylic acids is 1. The van der Waals surface area contributed by atoms with Crippen LogP contribution in [0.5, 0.6) is 5.75 Å². The molecular weight excluding hydrogens is 406 g/mol. The molecule has 0 aliphatic heterocycles. The lowest BCUT2D eigenvalue weighted by Gasteiger charge is -2.15. The van der Waals surface area contributed by atoms with E-state index in [0.29, 0.717) is 17.1 Å². The van der Waals surface area contributed by atoms with Crippen molar-refractivity contribution in [2.24, 2.45) is 11.7 Å². The van der Waals surface area contributed by atoms with Gasteiger partial charge in [-0.2, -0.15) is 0 Å². The molecule has 0 saturated carbocycles. The maximum atomic E-state index is 13.9. The number of carbonyl (C=O) groups is 1. The fourth-order valence-electron chi connectivity index (χ4n) is 3.00. The van der Waals surface area contributed by atoms with Crippen LogP contribution in [-0.4, -0.2) is 27.9 Å². The molecule has 0 bridgehead atoms. The molecule has 0 radical (unpaired) electrons. The van der Waals surface area contributed by atoms with E-state index in [2.05, 4.69) is 10.5 Å². The van der Waals surface area contributed by atoms with Crippen molar-refractivity contribution in [2.45, 2.75) is 40.3 Å². The van der Waals surface area contributed by atoms with Crippen molar-refractivity contribution in [1.82, 2.24) is 14.9 Å². The van der Waals surface area contributed by atoms with Crippen molar-refractivity contribution in [3.8, 4) is 5.75 Å². The summed E-state index contributed by atoms with van der Waals surface area (Å²) in [6.45, 7) is 7.26. The predicted octanol–water partition coefficient (Wildman–Crippen LogP) is 3.45. The molecule has 1 unspecified atom stereocenters. The number of amides is 1. The summed E-state index contributed by atoms with van der Waals surface area (Å²) in [4.78, 5) is 22.4. The van der Waals surface area contributed by atoms with E-state index in [1.165, 1.54) is 18.2 Å². The number of nitrogens with zero attached hydrogens (tertiary/aromatic N) is 2. The highest BCUT2D eigenvalue weighted by atomic mass is 19.1. The first-order valence-corrected chi connectivity index (χ1v) is 9.91. The smallest absolute Gasteiger partial charge is 0.293 e. The topological polar surface area (TPSA) is 90.9 Å². The van der Waals surface area contributed by atoms with Gasteiger partial charge in [-0.25, -0.2) is 19.2 Å². The average molecular weight is 432 g/mol. The molecule has 1 atom stereocenters. The van der Waals surface area contributed by atoms with E-state index in [9.17, 15) is 13.6 Å². The third kappa shape index (κ3) is 5.00. The van der Waals surface area contributed by atoms with Crippen LogP contribution in [0.2, 0.25) is 0 Å². The quantitative estimate of drug-likeness (QED) is 0.532. The lowest BCUT2D eigenvalue weighted by atomic mass is 10.1. The van der Waals surface area contributed by atoms with Crippen LogP contribution in [0, 0.1) is 31.4 Å². The molecule has 0 fully saturated rings. The van der Waals surface area contributed by atoms with Gasteiger partial charge in [0, 0.05) is 12.2 Å². The van der Waals surface area contributed by atoms with Gasteiger partial charge in [-0.1, -0.05) is 19.9 Å². The van der Waals surface area contributed by atoms with Crippen LogP contribution in [0.25, 0.3) is 5.65 Å². The maximum Gasteiger partial charge on any atom is 0.293 e. The van der Waals surface area contributed by atoms with Gasteiger partial charge in [0.25, 0.3) is 5.91 Å². The van der Waals surface area contributed by atoms with E-state index < -0.39 is 17.5 Å². The minimum Gasteiger partial charge on any atom is -0.485 e. The number of hydrogen-bond donors (Lipinski definition) is 2. The van der Waals surface area contributed by atoms with Gasteiger partial charge >= 0.3 is 0 Å². The zero-order valence-electron chi connectivity index (χ0n) is 17.9. The summed E-state index contributed by atoms with van der Waals surface area (Å²) >= 11 is 0. The van der Waals surface area contributed by atoms with Gasteiger partial charge in [0.05, 0.1) is 17.9 Å². The fourth-order valence-corrected chi connectivity index (χ4v) is 3.00. The van der Waals surface area contributed by atoms with Gasteiger partial charge in [-0.05, 0) is 43.5 Å². The molecule has 3 rings (SSSR count). The summed E-state index contributed by atoms with van der Waals surface area (Å²) < 4.78 is 35.1. The zero-order valence-corrected chi connectivity index (χ0v) is 17.9. The third-order valence-electron chi connectivity index (χ3n) is 4.94. The maximum absolute atomic E-state index is 13.9. The van der Waals surface area contributed by atoms with Gasteiger partial charge in [0.1, 0.15) is 23.9 Å². The Hall–Kier alpha value is -3.04. The SMILES string of the molecule is Cc1cc(OCc2c(F)cccc2F)c2nc(C)c(C(=O)NOCC(N)C(C)C)n2c1. The Morgan fingerprint density at radius 2 is 1.94 bits per heavy atom. The van der Waals surface area contributed by atoms with E-state index in [1.54, 1.807) is 23.6 Å². The number of nitrogens with one attached hydrogen (secondary N) is 1. The van der Waals surface area contributed by atoms with Crippen molar-refractivity contribution in [3.05, 3.63) is 64.6 Å². The van der Waals surface area contributed by atoms with Crippen LogP contribution in [0.15, 0.2) is 30.5 Å². The molecule has 0 aliphatic rings. The first kappa shape index (κ1) is 22.6. The number of ether oxygens (including phenoxy) is 1. The van der Waals surface area contributed by atoms with Crippen LogP contribution < -0.4 is 16.0 Å². The van der Waals surface area contributed by atoms with Crippen molar-refractivity contribution in [1.29, 1.82) is 0 Å². The first-order chi connectivity index (χ1) is 14.7. The second-order valence-corrected chi connectivity index (χ2v) is 7.76. The van der Waals surface area contributed by atoms with Gasteiger partial charge in [-0.15, -0.1) is 0 Å². The van der Waals surface area contributed by atoms with E-state index in [-0.39, 0.29) is 36.4 Å². The number of aromatic nitrogens is 2. The van der Waals surface area contributed by atoms with E-state index in [1.807, 2.05) is 20.8 Å². The molecule has 3 N–H and O–H groups in total. The molecule has 7 nitrogen and oxygen atoms in total. The van der Waals surface area contributed by atoms with Crippen LogP contribution in [0.3, 0.4) is 0 Å².